The second-order valence-electron chi connectivity index (χ2n) is 4.01. The Hall–Kier alpha value is -1.05. The first-order chi connectivity index (χ1) is 8.65. The molecule has 3 N–H and O–H groups in total. The van der Waals surface area contributed by atoms with Gasteiger partial charge in [-0.05, 0) is 17.7 Å². The zero-order valence-electron chi connectivity index (χ0n) is 9.47. The van der Waals surface area contributed by atoms with E-state index in [2.05, 4.69) is 0 Å². The third kappa shape index (κ3) is 2.68. The first kappa shape index (κ1) is 13.4. The fraction of sp³-hybridized carbons (Fsp3) is 0.417. The predicted molar refractivity (Wildman–Crippen MR) is 67.6 cm³/mol. The van der Waals surface area contributed by atoms with Gasteiger partial charge < -0.3 is 24.8 Å². The maximum atomic E-state index is 9.69. The number of aliphatic hydroxyl groups is 3. The number of hydrogen-bond donors (Lipinski definition) is 3. The second kappa shape index (κ2) is 5.73. The van der Waals surface area contributed by atoms with Crippen LogP contribution in [0.15, 0.2) is 24.3 Å². The highest BCUT2D eigenvalue weighted by Crippen LogP contribution is 2.24. The Morgan fingerprint density at radius 3 is 2.39 bits per heavy atom. The zero-order chi connectivity index (χ0) is 13.1. The minimum atomic E-state index is -1.19. The minimum absolute atomic E-state index is 0.373. The molecule has 0 radical (unpaired) electrons. The van der Waals surface area contributed by atoms with E-state index in [1.165, 1.54) is 5.37 Å². The van der Waals surface area contributed by atoms with E-state index in [0.717, 1.165) is 5.56 Å². The number of benzene rings is 1. The molecule has 1 aliphatic heterocycles. The van der Waals surface area contributed by atoms with Gasteiger partial charge in [0, 0.05) is 5.37 Å². The second-order valence-corrected chi connectivity index (χ2v) is 4.25. The lowest BCUT2D eigenvalue weighted by molar-refractivity contribution is -0.116. The molecule has 1 heterocycles. The molecule has 0 aromatic heterocycles. The van der Waals surface area contributed by atoms with Crippen molar-refractivity contribution in [3.05, 3.63) is 29.8 Å². The summed E-state index contributed by atoms with van der Waals surface area (Å²) >= 11 is 4.78. The molecule has 1 aliphatic rings. The van der Waals surface area contributed by atoms with Crippen molar-refractivity contribution in [2.45, 2.75) is 24.6 Å². The number of thiocarbonyl (C=S) groups is 1. The summed E-state index contributed by atoms with van der Waals surface area (Å²) in [5.41, 5.74) is 0.874. The Bertz CT molecular complexity index is 407. The van der Waals surface area contributed by atoms with E-state index in [1.54, 1.807) is 24.3 Å². The van der Waals surface area contributed by atoms with Crippen LogP contribution in [0.25, 0.3) is 0 Å². The van der Waals surface area contributed by atoms with E-state index in [0.29, 0.717) is 5.75 Å². The van der Waals surface area contributed by atoms with Crippen molar-refractivity contribution in [1.29, 1.82) is 0 Å². The van der Waals surface area contributed by atoms with Crippen LogP contribution in [0, 0.1) is 0 Å². The van der Waals surface area contributed by atoms with E-state index in [-0.39, 0.29) is 6.61 Å². The molecule has 0 unspecified atom stereocenters. The molecule has 2 rings (SSSR count). The predicted octanol–water partition coefficient (Wildman–Crippen LogP) is -0.148. The molecule has 1 saturated heterocycles. The lowest BCUT2D eigenvalue weighted by Crippen LogP contribution is -2.35. The fourth-order valence-corrected chi connectivity index (χ4v) is 1.88. The van der Waals surface area contributed by atoms with Gasteiger partial charge in [-0.3, -0.25) is 0 Å². The van der Waals surface area contributed by atoms with Crippen molar-refractivity contribution < 1.29 is 24.8 Å². The van der Waals surface area contributed by atoms with Gasteiger partial charge in [0.2, 0.25) is 6.29 Å². The summed E-state index contributed by atoms with van der Waals surface area (Å²) in [5.74, 6) is 0.491. The van der Waals surface area contributed by atoms with Gasteiger partial charge in [-0.1, -0.05) is 24.4 Å². The number of rotatable bonds is 4. The Kier molecular flexibility index (Phi) is 4.26. The first-order valence-electron chi connectivity index (χ1n) is 5.50. The third-order valence-corrected chi connectivity index (χ3v) is 3.04. The number of hydrogen-bond acceptors (Lipinski definition) is 6. The maximum Gasteiger partial charge on any atom is 0.229 e. The molecule has 0 spiro atoms. The van der Waals surface area contributed by atoms with Crippen LogP contribution in [0.3, 0.4) is 0 Å². The smallest absolute Gasteiger partial charge is 0.229 e. The quantitative estimate of drug-likeness (QED) is 0.661. The standard InChI is InChI=1S/C12H14O5S/c13-5-9-10(14)11(15)12(17-9)16-8-3-1-7(6-18)2-4-8/h1-4,6,9-15H,5H2/t9-,10-,11-,12-/m1/s1. The van der Waals surface area contributed by atoms with Gasteiger partial charge in [-0.2, -0.15) is 0 Å². The van der Waals surface area contributed by atoms with Crippen LogP contribution < -0.4 is 4.74 Å². The minimum Gasteiger partial charge on any atom is -0.462 e. The van der Waals surface area contributed by atoms with Crippen LogP contribution in [-0.2, 0) is 4.74 Å². The topological polar surface area (TPSA) is 79.2 Å². The summed E-state index contributed by atoms with van der Waals surface area (Å²) in [5, 5.41) is 29.7. The molecule has 0 amide bonds. The van der Waals surface area contributed by atoms with Crippen molar-refractivity contribution in [3.63, 3.8) is 0 Å². The summed E-state index contributed by atoms with van der Waals surface area (Å²) in [6.45, 7) is -0.373. The van der Waals surface area contributed by atoms with Gasteiger partial charge in [0.1, 0.15) is 24.1 Å². The summed E-state index contributed by atoms with van der Waals surface area (Å²) in [6.07, 6.45) is -4.16. The van der Waals surface area contributed by atoms with Gasteiger partial charge in [-0.15, -0.1) is 0 Å². The molecule has 1 fully saturated rings. The van der Waals surface area contributed by atoms with E-state index in [9.17, 15) is 10.2 Å². The van der Waals surface area contributed by atoms with E-state index < -0.39 is 24.6 Å². The molecule has 6 heteroatoms. The molecular weight excluding hydrogens is 256 g/mol. The van der Waals surface area contributed by atoms with Crippen LogP contribution in [-0.4, -0.2) is 51.9 Å². The normalized spacial score (nSPS) is 31.3. The molecule has 5 nitrogen and oxygen atoms in total. The van der Waals surface area contributed by atoms with E-state index in [1.807, 2.05) is 0 Å². The van der Waals surface area contributed by atoms with Gasteiger partial charge in [-0.25, -0.2) is 0 Å². The monoisotopic (exact) mass is 270 g/mol. The maximum absolute atomic E-state index is 9.69. The highest BCUT2D eigenvalue weighted by Gasteiger charge is 2.43. The molecule has 0 bridgehead atoms. The van der Waals surface area contributed by atoms with Crippen LogP contribution in [0.5, 0.6) is 5.75 Å². The fourth-order valence-electron chi connectivity index (χ4n) is 1.72. The molecule has 18 heavy (non-hydrogen) atoms. The highest BCUT2D eigenvalue weighted by atomic mass is 32.1. The van der Waals surface area contributed by atoms with Crippen molar-refractivity contribution in [2.75, 3.05) is 6.61 Å². The molecule has 0 saturated carbocycles. The van der Waals surface area contributed by atoms with Gasteiger partial charge in [0.15, 0.2) is 0 Å². The lowest BCUT2D eigenvalue weighted by Gasteiger charge is -2.16. The summed E-state index contributed by atoms with van der Waals surface area (Å²) in [6, 6.07) is 6.91. The van der Waals surface area contributed by atoms with Crippen molar-refractivity contribution >= 4 is 17.6 Å². The Labute approximate surface area is 110 Å². The highest BCUT2D eigenvalue weighted by molar-refractivity contribution is 7.79. The molecule has 0 aliphatic carbocycles. The molecule has 98 valence electrons. The number of ether oxygens (including phenoxy) is 2. The number of aliphatic hydroxyl groups excluding tert-OH is 3. The summed E-state index contributed by atoms with van der Waals surface area (Å²) in [7, 11) is 0. The van der Waals surface area contributed by atoms with Crippen LogP contribution in [0.2, 0.25) is 0 Å². The van der Waals surface area contributed by atoms with Gasteiger partial charge in [0.25, 0.3) is 0 Å². The van der Waals surface area contributed by atoms with Crippen LogP contribution in [0.4, 0.5) is 0 Å². The van der Waals surface area contributed by atoms with Gasteiger partial charge in [0.05, 0.1) is 6.61 Å². The summed E-state index contributed by atoms with van der Waals surface area (Å²) < 4.78 is 10.6. The average Bonchev–Trinajstić information content (AvgIpc) is 2.67. The molecule has 1 aromatic rings. The Morgan fingerprint density at radius 2 is 1.89 bits per heavy atom. The molecular formula is C12H14O5S. The molecule has 1 aromatic carbocycles. The largest absolute Gasteiger partial charge is 0.462 e. The zero-order valence-corrected chi connectivity index (χ0v) is 10.3. The van der Waals surface area contributed by atoms with E-state index >= 15 is 0 Å². The van der Waals surface area contributed by atoms with Crippen molar-refractivity contribution in [2.24, 2.45) is 0 Å². The summed E-state index contributed by atoms with van der Waals surface area (Å²) in [4.78, 5) is 0. The Morgan fingerprint density at radius 1 is 1.22 bits per heavy atom. The Balaban J connectivity index is 2.02. The lowest BCUT2D eigenvalue weighted by atomic mass is 10.1. The van der Waals surface area contributed by atoms with E-state index in [4.69, 9.17) is 26.8 Å². The SMILES string of the molecule is OC[C@H]1O[C@@H](Oc2ccc(C=S)cc2)[C@H](O)[C@@H]1O. The first-order valence-corrected chi connectivity index (χ1v) is 5.97. The van der Waals surface area contributed by atoms with Gasteiger partial charge >= 0.3 is 0 Å². The third-order valence-electron chi connectivity index (χ3n) is 2.77. The van der Waals surface area contributed by atoms with Crippen molar-refractivity contribution in [1.82, 2.24) is 0 Å². The molecule has 4 atom stereocenters. The average molecular weight is 270 g/mol. The van der Waals surface area contributed by atoms with Crippen LogP contribution >= 0.6 is 12.2 Å². The van der Waals surface area contributed by atoms with Crippen LogP contribution in [0.1, 0.15) is 5.56 Å². The van der Waals surface area contributed by atoms with Crippen molar-refractivity contribution in [3.8, 4) is 5.75 Å².